The standard InChI is InChI=1S/C15H22ClNO4S/c1-3-21-11-12-5-4-8-17(10-12)22(18,19)13-6-7-15(20-2)14(16)9-13/h6-7,9,12H,3-5,8,10-11H2,1-2H3. The lowest BCUT2D eigenvalue weighted by Crippen LogP contribution is -2.41. The fourth-order valence-electron chi connectivity index (χ4n) is 2.62. The molecule has 5 nitrogen and oxygen atoms in total. The summed E-state index contributed by atoms with van der Waals surface area (Å²) in [7, 11) is -2.03. The number of methoxy groups -OCH3 is 1. The van der Waals surface area contributed by atoms with E-state index in [9.17, 15) is 8.42 Å². The van der Waals surface area contributed by atoms with Crippen molar-refractivity contribution < 1.29 is 17.9 Å². The highest BCUT2D eigenvalue weighted by atomic mass is 35.5. The number of rotatable bonds is 6. The smallest absolute Gasteiger partial charge is 0.243 e. The molecule has 0 aliphatic carbocycles. The summed E-state index contributed by atoms with van der Waals surface area (Å²) >= 11 is 6.04. The summed E-state index contributed by atoms with van der Waals surface area (Å²) in [5.41, 5.74) is 0. The molecule has 0 spiro atoms. The molecular formula is C15H22ClNO4S. The zero-order valence-corrected chi connectivity index (χ0v) is 14.5. The molecule has 1 aromatic carbocycles. The van der Waals surface area contributed by atoms with E-state index in [2.05, 4.69) is 0 Å². The Kier molecular flexibility index (Phi) is 6.09. The molecule has 0 radical (unpaired) electrons. The van der Waals surface area contributed by atoms with Crippen molar-refractivity contribution in [3.8, 4) is 5.75 Å². The Balaban J connectivity index is 2.17. The molecular weight excluding hydrogens is 326 g/mol. The fraction of sp³-hybridized carbons (Fsp3) is 0.600. The second-order valence-electron chi connectivity index (χ2n) is 5.33. The summed E-state index contributed by atoms with van der Waals surface area (Å²) in [6.45, 7) is 4.22. The van der Waals surface area contributed by atoms with Crippen LogP contribution in [0.5, 0.6) is 5.75 Å². The van der Waals surface area contributed by atoms with Crippen molar-refractivity contribution in [2.24, 2.45) is 5.92 Å². The van der Waals surface area contributed by atoms with E-state index in [-0.39, 0.29) is 10.8 Å². The average molecular weight is 348 g/mol. The van der Waals surface area contributed by atoms with Crippen molar-refractivity contribution in [2.75, 3.05) is 33.4 Å². The van der Waals surface area contributed by atoms with Crippen molar-refractivity contribution in [1.82, 2.24) is 4.31 Å². The van der Waals surface area contributed by atoms with Gasteiger partial charge in [0.25, 0.3) is 0 Å². The van der Waals surface area contributed by atoms with E-state index in [4.69, 9.17) is 21.1 Å². The first kappa shape index (κ1) is 17.5. The van der Waals surface area contributed by atoms with E-state index in [0.29, 0.717) is 37.1 Å². The van der Waals surface area contributed by atoms with Crippen LogP contribution in [0.15, 0.2) is 23.1 Å². The monoisotopic (exact) mass is 347 g/mol. The predicted octanol–water partition coefficient (Wildman–Crippen LogP) is 2.79. The molecule has 7 heteroatoms. The van der Waals surface area contributed by atoms with Gasteiger partial charge in [-0.05, 0) is 43.9 Å². The van der Waals surface area contributed by atoms with Crippen molar-refractivity contribution in [3.63, 3.8) is 0 Å². The highest BCUT2D eigenvalue weighted by Crippen LogP contribution is 2.30. The molecule has 0 bridgehead atoms. The van der Waals surface area contributed by atoms with Gasteiger partial charge in [-0.15, -0.1) is 0 Å². The van der Waals surface area contributed by atoms with E-state index < -0.39 is 10.0 Å². The molecule has 0 amide bonds. The molecule has 0 aromatic heterocycles. The van der Waals surface area contributed by atoms with Gasteiger partial charge in [-0.3, -0.25) is 0 Å². The van der Waals surface area contributed by atoms with E-state index >= 15 is 0 Å². The lowest BCUT2D eigenvalue weighted by Gasteiger charge is -2.31. The van der Waals surface area contributed by atoms with Crippen LogP contribution >= 0.6 is 11.6 Å². The SMILES string of the molecule is CCOCC1CCCN(S(=O)(=O)c2ccc(OC)c(Cl)c2)C1. The zero-order chi connectivity index (χ0) is 16.2. The van der Waals surface area contributed by atoms with Crippen LogP contribution < -0.4 is 4.74 Å². The highest BCUT2D eigenvalue weighted by molar-refractivity contribution is 7.89. The van der Waals surface area contributed by atoms with Crippen LogP contribution in [0.2, 0.25) is 5.02 Å². The van der Waals surface area contributed by atoms with Gasteiger partial charge in [-0.2, -0.15) is 4.31 Å². The number of nitrogens with zero attached hydrogens (tertiary/aromatic N) is 1. The van der Waals surface area contributed by atoms with Crippen LogP contribution in [0.1, 0.15) is 19.8 Å². The quantitative estimate of drug-likeness (QED) is 0.794. The maximum atomic E-state index is 12.7. The lowest BCUT2D eigenvalue weighted by molar-refractivity contribution is 0.0864. The number of ether oxygens (including phenoxy) is 2. The maximum Gasteiger partial charge on any atom is 0.243 e. The van der Waals surface area contributed by atoms with Gasteiger partial charge in [0, 0.05) is 19.7 Å². The summed E-state index contributed by atoms with van der Waals surface area (Å²) in [5, 5.41) is 0.298. The molecule has 0 N–H and O–H groups in total. The first-order chi connectivity index (χ1) is 10.5. The van der Waals surface area contributed by atoms with E-state index in [0.717, 1.165) is 12.8 Å². The third kappa shape index (κ3) is 3.93. The van der Waals surface area contributed by atoms with Gasteiger partial charge in [0.05, 0.1) is 23.6 Å². The number of hydrogen-bond acceptors (Lipinski definition) is 4. The Labute approximate surface area is 137 Å². The number of sulfonamides is 1. The summed E-state index contributed by atoms with van der Waals surface area (Å²) in [6, 6.07) is 4.56. The van der Waals surface area contributed by atoms with Crippen LogP contribution in [0.4, 0.5) is 0 Å². The Bertz CT molecular complexity index is 606. The molecule has 1 atom stereocenters. The largest absolute Gasteiger partial charge is 0.495 e. The second-order valence-corrected chi connectivity index (χ2v) is 7.67. The predicted molar refractivity (Wildman–Crippen MR) is 86.0 cm³/mol. The van der Waals surface area contributed by atoms with Crippen LogP contribution in [-0.2, 0) is 14.8 Å². The topological polar surface area (TPSA) is 55.8 Å². The molecule has 1 fully saturated rings. The first-order valence-corrected chi connectivity index (χ1v) is 9.22. The van der Waals surface area contributed by atoms with Crippen molar-refractivity contribution >= 4 is 21.6 Å². The molecule has 1 aromatic rings. The molecule has 1 aliphatic rings. The molecule has 1 aliphatic heterocycles. The zero-order valence-electron chi connectivity index (χ0n) is 12.9. The van der Waals surface area contributed by atoms with Gasteiger partial charge >= 0.3 is 0 Å². The van der Waals surface area contributed by atoms with Crippen LogP contribution in [0, 0.1) is 5.92 Å². The van der Waals surface area contributed by atoms with Gasteiger partial charge in [-0.1, -0.05) is 11.6 Å². The van der Waals surface area contributed by atoms with E-state index in [1.54, 1.807) is 6.07 Å². The number of halogens is 1. The average Bonchev–Trinajstić information content (AvgIpc) is 2.53. The summed E-state index contributed by atoms with van der Waals surface area (Å²) < 4.78 is 37.5. The van der Waals surface area contributed by atoms with Crippen molar-refractivity contribution in [3.05, 3.63) is 23.2 Å². The van der Waals surface area contributed by atoms with Crippen LogP contribution in [0.3, 0.4) is 0 Å². The Morgan fingerprint density at radius 2 is 2.18 bits per heavy atom. The molecule has 2 rings (SSSR count). The van der Waals surface area contributed by atoms with Crippen LogP contribution in [-0.4, -0.2) is 46.1 Å². The minimum absolute atomic E-state index is 0.204. The fourth-order valence-corrected chi connectivity index (χ4v) is 4.53. The number of piperidine rings is 1. The van der Waals surface area contributed by atoms with Gasteiger partial charge in [-0.25, -0.2) is 8.42 Å². The van der Waals surface area contributed by atoms with Gasteiger partial charge in [0.2, 0.25) is 10.0 Å². The number of hydrogen-bond donors (Lipinski definition) is 0. The number of benzene rings is 1. The summed E-state index contributed by atoms with van der Waals surface area (Å²) in [4.78, 5) is 0.204. The van der Waals surface area contributed by atoms with Crippen LogP contribution in [0.25, 0.3) is 0 Å². The third-order valence-corrected chi connectivity index (χ3v) is 5.96. The highest BCUT2D eigenvalue weighted by Gasteiger charge is 2.30. The minimum atomic E-state index is -3.53. The summed E-state index contributed by atoms with van der Waals surface area (Å²) in [6.07, 6.45) is 1.84. The summed E-state index contributed by atoms with van der Waals surface area (Å²) in [5.74, 6) is 0.714. The maximum absolute atomic E-state index is 12.7. The Morgan fingerprint density at radius 3 is 2.82 bits per heavy atom. The molecule has 124 valence electrons. The normalized spacial score (nSPS) is 20.0. The second kappa shape index (κ2) is 7.64. The lowest BCUT2D eigenvalue weighted by atomic mass is 10.0. The van der Waals surface area contributed by atoms with Crippen molar-refractivity contribution in [1.29, 1.82) is 0 Å². The van der Waals surface area contributed by atoms with Gasteiger partial charge in [0.1, 0.15) is 5.75 Å². The Hall–Kier alpha value is -0.820. The molecule has 22 heavy (non-hydrogen) atoms. The van der Waals surface area contributed by atoms with Crippen molar-refractivity contribution in [2.45, 2.75) is 24.7 Å². The molecule has 0 saturated carbocycles. The first-order valence-electron chi connectivity index (χ1n) is 7.40. The molecule has 1 unspecified atom stereocenters. The van der Waals surface area contributed by atoms with E-state index in [1.165, 1.54) is 23.5 Å². The minimum Gasteiger partial charge on any atom is -0.495 e. The van der Waals surface area contributed by atoms with Gasteiger partial charge < -0.3 is 9.47 Å². The van der Waals surface area contributed by atoms with Gasteiger partial charge in [0.15, 0.2) is 0 Å². The molecule has 1 saturated heterocycles. The third-order valence-electron chi connectivity index (χ3n) is 3.80. The Morgan fingerprint density at radius 1 is 1.41 bits per heavy atom. The molecule has 1 heterocycles. The van der Waals surface area contributed by atoms with E-state index in [1.807, 2.05) is 6.92 Å².